The zero-order chi connectivity index (χ0) is 11.2. The molecule has 1 fully saturated rings. The van der Waals surface area contributed by atoms with Gasteiger partial charge in [0.05, 0.1) is 13.2 Å². The van der Waals surface area contributed by atoms with Crippen LogP contribution in [-0.4, -0.2) is 39.5 Å². The molecule has 4 heteroatoms. The maximum Gasteiger partial charge on any atom is 0.119 e. The molecule has 1 heterocycles. The third-order valence-corrected chi connectivity index (χ3v) is 2.60. The Morgan fingerprint density at radius 1 is 1.19 bits per heavy atom. The van der Waals surface area contributed by atoms with Gasteiger partial charge in [0.1, 0.15) is 12.4 Å². The molecular formula is C12H18N2O2. The average Bonchev–Trinajstić information content (AvgIpc) is 2.38. The Kier molecular flexibility index (Phi) is 4.02. The normalized spacial score (nSPS) is 16.2. The van der Waals surface area contributed by atoms with E-state index in [9.17, 15) is 0 Å². The third-order valence-electron chi connectivity index (χ3n) is 2.60. The number of anilines is 1. The molecule has 1 aliphatic heterocycles. The van der Waals surface area contributed by atoms with E-state index >= 15 is 0 Å². The van der Waals surface area contributed by atoms with Crippen LogP contribution in [0.15, 0.2) is 24.3 Å². The van der Waals surface area contributed by atoms with E-state index in [4.69, 9.17) is 15.2 Å². The summed E-state index contributed by atoms with van der Waals surface area (Å²) in [7, 11) is 0. The second-order valence-corrected chi connectivity index (χ2v) is 3.73. The standard InChI is InChI=1S/C12H18N2O2/c13-5-8-16-12-3-1-11(2-4-12)14-6-9-15-10-7-14/h1-4H,5-10,13H2. The molecular weight excluding hydrogens is 204 g/mol. The highest BCUT2D eigenvalue weighted by Crippen LogP contribution is 2.20. The Morgan fingerprint density at radius 2 is 1.88 bits per heavy atom. The van der Waals surface area contributed by atoms with Crippen LogP contribution < -0.4 is 15.4 Å². The fourth-order valence-electron chi connectivity index (χ4n) is 1.75. The molecule has 1 saturated heterocycles. The van der Waals surface area contributed by atoms with E-state index in [0.717, 1.165) is 32.1 Å². The summed E-state index contributed by atoms with van der Waals surface area (Å²) < 4.78 is 10.7. The minimum atomic E-state index is 0.547. The van der Waals surface area contributed by atoms with Gasteiger partial charge in [0, 0.05) is 25.3 Å². The molecule has 0 saturated carbocycles. The van der Waals surface area contributed by atoms with Gasteiger partial charge in [0.25, 0.3) is 0 Å². The molecule has 0 unspecified atom stereocenters. The Labute approximate surface area is 95.9 Å². The van der Waals surface area contributed by atoms with Crippen molar-refractivity contribution in [1.82, 2.24) is 0 Å². The summed E-state index contributed by atoms with van der Waals surface area (Å²) in [6, 6.07) is 8.13. The van der Waals surface area contributed by atoms with Gasteiger partial charge in [0.15, 0.2) is 0 Å². The van der Waals surface area contributed by atoms with Gasteiger partial charge in [-0.1, -0.05) is 0 Å². The van der Waals surface area contributed by atoms with Crippen molar-refractivity contribution < 1.29 is 9.47 Å². The first-order valence-electron chi connectivity index (χ1n) is 5.66. The van der Waals surface area contributed by atoms with Crippen LogP contribution in [0.25, 0.3) is 0 Å². The highest BCUT2D eigenvalue weighted by atomic mass is 16.5. The molecule has 0 aromatic heterocycles. The zero-order valence-corrected chi connectivity index (χ0v) is 9.39. The molecule has 0 bridgehead atoms. The topological polar surface area (TPSA) is 47.7 Å². The summed E-state index contributed by atoms with van der Waals surface area (Å²) in [5.41, 5.74) is 6.60. The van der Waals surface area contributed by atoms with Crippen molar-refractivity contribution in [3.05, 3.63) is 24.3 Å². The van der Waals surface area contributed by atoms with Crippen LogP contribution in [0.1, 0.15) is 0 Å². The number of benzene rings is 1. The van der Waals surface area contributed by atoms with Gasteiger partial charge in [-0.3, -0.25) is 0 Å². The molecule has 0 atom stereocenters. The highest BCUT2D eigenvalue weighted by Gasteiger charge is 2.10. The number of morpholine rings is 1. The lowest BCUT2D eigenvalue weighted by atomic mass is 10.2. The molecule has 4 nitrogen and oxygen atoms in total. The largest absolute Gasteiger partial charge is 0.492 e. The van der Waals surface area contributed by atoms with Crippen molar-refractivity contribution >= 4 is 5.69 Å². The number of hydrogen-bond acceptors (Lipinski definition) is 4. The number of nitrogens with zero attached hydrogens (tertiary/aromatic N) is 1. The lowest BCUT2D eigenvalue weighted by Gasteiger charge is -2.28. The van der Waals surface area contributed by atoms with Crippen molar-refractivity contribution in [1.29, 1.82) is 0 Å². The predicted octanol–water partition coefficient (Wildman–Crippen LogP) is 0.861. The molecule has 1 aliphatic rings. The zero-order valence-electron chi connectivity index (χ0n) is 9.39. The van der Waals surface area contributed by atoms with Gasteiger partial charge < -0.3 is 20.1 Å². The van der Waals surface area contributed by atoms with Crippen LogP contribution in [0, 0.1) is 0 Å². The first-order valence-corrected chi connectivity index (χ1v) is 5.66. The van der Waals surface area contributed by atoms with Crippen molar-refractivity contribution in [2.45, 2.75) is 0 Å². The van der Waals surface area contributed by atoms with Crippen LogP contribution in [0.3, 0.4) is 0 Å². The minimum Gasteiger partial charge on any atom is -0.492 e. The molecule has 0 spiro atoms. The molecule has 0 radical (unpaired) electrons. The fraction of sp³-hybridized carbons (Fsp3) is 0.500. The van der Waals surface area contributed by atoms with E-state index in [-0.39, 0.29) is 0 Å². The van der Waals surface area contributed by atoms with Crippen LogP contribution in [0.2, 0.25) is 0 Å². The van der Waals surface area contributed by atoms with Gasteiger partial charge in [-0.2, -0.15) is 0 Å². The molecule has 1 aromatic carbocycles. The van der Waals surface area contributed by atoms with Crippen molar-refractivity contribution in [2.75, 3.05) is 44.4 Å². The molecule has 1 aromatic rings. The van der Waals surface area contributed by atoms with Crippen molar-refractivity contribution in [2.24, 2.45) is 5.73 Å². The van der Waals surface area contributed by atoms with Crippen LogP contribution >= 0.6 is 0 Å². The van der Waals surface area contributed by atoms with Gasteiger partial charge >= 0.3 is 0 Å². The molecule has 16 heavy (non-hydrogen) atoms. The van der Waals surface area contributed by atoms with Gasteiger partial charge in [-0.25, -0.2) is 0 Å². The van der Waals surface area contributed by atoms with E-state index in [1.165, 1.54) is 5.69 Å². The van der Waals surface area contributed by atoms with E-state index in [1.54, 1.807) is 0 Å². The molecule has 0 aliphatic carbocycles. The van der Waals surface area contributed by atoms with E-state index in [2.05, 4.69) is 17.0 Å². The second kappa shape index (κ2) is 5.72. The number of rotatable bonds is 4. The number of hydrogen-bond donors (Lipinski definition) is 1. The first-order chi connectivity index (χ1) is 7.90. The summed E-state index contributed by atoms with van der Waals surface area (Å²) in [5, 5.41) is 0. The van der Waals surface area contributed by atoms with E-state index in [0.29, 0.717) is 13.2 Å². The monoisotopic (exact) mass is 222 g/mol. The Balaban J connectivity index is 1.95. The quantitative estimate of drug-likeness (QED) is 0.821. The lowest BCUT2D eigenvalue weighted by molar-refractivity contribution is 0.122. The van der Waals surface area contributed by atoms with Crippen LogP contribution in [0.5, 0.6) is 5.75 Å². The summed E-state index contributed by atoms with van der Waals surface area (Å²) >= 11 is 0. The summed E-state index contributed by atoms with van der Waals surface area (Å²) in [4.78, 5) is 2.32. The smallest absolute Gasteiger partial charge is 0.119 e. The van der Waals surface area contributed by atoms with Crippen LogP contribution in [0.4, 0.5) is 5.69 Å². The summed E-state index contributed by atoms with van der Waals surface area (Å²) in [5.74, 6) is 0.877. The van der Waals surface area contributed by atoms with Gasteiger partial charge in [-0.05, 0) is 24.3 Å². The summed E-state index contributed by atoms with van der Waals surface area (Å²) in [6.45, 7) is 4.66. The Morgan fingerprint density at radius 3 is 2.50 bits per heavy atom. The molecule has 0 amide bonds. The van der Waals surface area contributed by atoms with Crippen LogP contribution in [-0.2, 0) is 4.74 Å². The van der Waals surface area contributed by atoms with E-state index < -0.39 is 0 Å². The SMILES string of the molecule is NCCOc1ccc(N2CCOCC2)cc1. The first kappa shape index (κ1) is 11.2. The van der Waals surface area contributed by atoms with Gasteiger partial charge in [0.2, 0.25) is 0 Å². The molecule has 88 valence electrons. The fourth-order valence-corrected chi connectivity index (χ4v) is 1.75. The Hall–Kier alpha value is -1.26. The molecule has 2 rings (SSSR count). The maximum absolute atomic E-state index is 5.43. The average molecular weight is 222 g/mol. The minimum absolute atomic E-state index is 0.547. The number of ether oxygens (including phenoxy) is 2. The van der Waals surface area contributed by atoms with E-state index in [1.807, 2.05) is 12.1 Å². The van der Waals surface area contributed by atoms with Crippen molar-refractivity contribution in [3.63, 3.8) is 0 Å². The van der Waals surface area contributed by atoms with Crippen molar-refractivity contribution in [3.8, 4) is 5.75 Å². The third kappa shape index (κ3) is 2.87. The maximum atomic E-state index is 5.43. The lowest BCUT2D eigenvalue weighted by Crippen LogP contribution is -2.36. The Bertz CT molecular complexity index is 307. The predicted molar refractivity (Wildman–Crippen MR) is 64.0 cm³/mol. The highest BCUT2D eigenvalue weighted by molar-refractivity contribution is 5.49. The number of nitrogens with two attached hydrogens (primary N) is 1. The molecule has 2 N–H and O–H groups in total. The summed E-state index contributed by atoms with van der Waals surface area (Å²) in [6.07, 6.45) is 0. The second-order valence-electron chi connectivity index (χ2n) is 3.73. The van der Waals surface area contributed by atoms with Gasteiger partial charge in [-0.15, -0.1) is 0 Å².